The number of halogens is 1. The Morgan fingerprint density at radius 3 is 2.76 bits per heavy atom. The lowest BCUT2D eigenvalue weighted by Gasteiger charge is -2.09. The molecule has 2 rings (SSSR count). The Kier molecular flexibility index (Phi) is 4.72. The van der Waals surface area contributed by atoms with Gasteiger partial charge in [0.2, 0.25) is 0 Å². The first-order valence-corrected chi connectivity index (χ1v) is 7.59. The molecular formula is C14H19BrN4O2. The van der Waals surface area contributed by atoms with Crippen molar-refractivity contribution < 1.29 is 9.53 Å². The summed E-state index contributed by atoms with van der Waals surface area (Å²) < 4.78 is 9.49. The third-order valence-electron chi connectivity index (χ3n) is 3.33. The molecule has 21 heavy (non-hydrogen) atoms. The largest absolute Gasteiger partial charge is 0.464 e. The second-order valence-corrected chi connectivity index (χ2v) is 5.45. The Balaban J connectivity index is 2.43. The smallest absolute Gasteiger partial charge is 0.354 e. The van der Waals surface area contributed by atoms with E-state index in [9.17, 15) is 4.79 Å². The summed E-state index contributed by atoms with van der Waals surface area (Å²) in [6, 6.07) is 1.62. The van der Waals surface area contributed by atoms with Crippen molar-refractivity contribution in [1.82, 2.24) is 14.3 Å². The van der Waals surface area contributed by atoms with Crippen LogP contribution in [0.3, 0.4) is 0 Å². The number of methoxy groups -OCH3 is 1. The van der Waals surface area contributed by atoms with Crippen LogP contribution in [-0.2, 0) is 24.2 Å². The van der Waals surface area contributed by atoms with Crippen LogP contribution in [0.4, 0.5) is 5.69 Å². The van der Waals surface area contributed by atoms with Crippen molar-refractivity contribution in [3.8, 4) is 0 Å². The van der Waals surface area contributed by atoms with E-state index >= 15 is 0 Å². The number of hydrogen-bond acceptors (Lipinski definition) is 4. The molecule has 0 amide bonds. The fourth-order valence-electron chi connectivity index (χ4n) is 2.27. The molecule has 114 valence electrons. The molecule has 2 aromatic rings. The molecule has 0 bridgehead atoms. The zero-order valence-corrected chi connectivity index (χ0v) is 14.0. The Morgan fingerprint density at radius 2 is 2.19 bits per heavy atom. The number of hydrogen-bond donors (Lipinski definition) is 1. The number of carbonyl (C=O) groups is 1. The van der Waals surface area contributed by atoms with Crippen molar-refractivity contribution in [3.05, 3.63) is 33.8 Å². The van der Waals surface area contributed by atoms with Crippen LogP contribution in [0, 0.1) is 0 Å². The Morgan fingerprint density at radius 1 is 1.48 bits per heavy atom. The quantitative estimate of drug-likeness (QED) is 0.836. The highest BCUT2D eigenvalue weighted by atomic mass is 79.9. The van der Waals surface area contributed by atoms with Gasteiger partial charge < -0.3 is 15.0 Å². The van der Waals surface area contributed by atoms with Crippen molar-refractivity contribution in [3.63, 3.8) is 0 Å². The van der Waals surface area contributed by atoms with E-state index in [0.717, 1.165) is 28.8 Å². The molecule has 0 aliphatic carbocycles. The zero-order chi connectivity index (χ0) is 15.6. The minimum atomic E-state index is -0.402. The molecule has 0 aliphatic heterocycles. The summed E-state index contributed by atoms with van der Waals surface area (Å²) in [6.45, 7) is 5.36. The van der Waals surface area contributed by atoms with E-state index in [-0.39, 0.29) is 0 Å². The van der Waals surface area contributed by atoms with E-state index < -0.39 is 5.97 Å². The predicted octanol–water partition coefficient (Wildman–Crippen LogP) is 2.45. The second-order valence-electron chi connectivity index (χ2n) is 4.65. The van der Waals surface area contributed by atoms with Crippen LogP contribution in [0.2, 0.25) is 0 Å². The summed E-state index contributed by atoms with van der Waals surface area (Å²) in [5.41, 5.74) is 8.78. The number of esters is 1. The third kappa shape index (κ3) is 2.97. The zero-order valence-electron chi connectivity index (χ0n) is 12.4. The monoisotopic (exact) mass is 354 g/mol. The number of rotatable bonds is 5. The number of anilines is 1. The van der Waals surface area contributed by atoms with Gasteiger partial charge in [0, 0.05) is 12.7 Å². The molecule has 0 saturated carbocycles. The van der Waals surface area contributed by atoms with Crippen molar-refractivity contribution in [1.29, 1.82) is 0 Å². The van der Waals surface area contributed by atoms with Gasteiger partial charge in [-0.25, -0.2) is 4.79 Å². The molecule has 2 heterocycles. The van der Waals surface area contributed by atoms with Gasteiger partial charge >= 0.3 is 5.97 Å². The normalized spacial score (nSPS) is 10.9. The molecule has 0 atom stereocenters. The van der Waals surface area contributed by atoms with Gasteiger partial charge in [-0.15, -0.1) is 0 Å². The highest BCUT2D eigenvalue weighted by molar-refractivity contribution is 9.10. The minimum Gasteiger partial charge on any atom is -0.464 e. The van der Waals surface area contributed by atoms with E-state index in [1.165, 1.54) is 7.11 Å². The van der Waals surface area contributed by atoms with Gasteiger partial charge in [-0.3, -0.25) is 4.68 Å². The summed E-state index contributed by atoms with van der Waals surface area (Å²) in [7, 11) is 1.36. The summed E-state index contributed by atoms with van der Waals surface area (Å²) in [5, 5.41) is 4.55. The second kappa shape index (κ2) is 6.34. The summed E-state index contributed by atoms with van der Waals surface area (Å²) >= 11 is 3.60. The molecule has 2 N–H and O–H groups in total. The molecule has 0 saturated heterocycles. The van der Waals surface area contributed by atoms with Crippen LogP contribution in [-0.4, -0.2) is 27.4 Å². The van der Waals surface area contributed by atoms with Gasteiger partial charge in [0.25, 0.3) is 0 Å². The number of nitrogens with zero attached hydrogens (tertiary/aromatic N) is 3. The molecule has 0 spiro atoms. The number of aryl methyl sites for hydroxylation is 2. The van der Waals surface area contributed by atoms with E-state index in [1.54, 1.807) is 16.8 Å². The van der Waals surface area contributed by atoms with Gasteiger partial charge in [0.05, 0.1) is 35.2 Å². The number of aromatic nitrogens is 3. The standard InChI is InChI=1S/C14H19BrN4O2/c1-4-10-13(15)12(19(5-2)17-10)8-18-7-9(16)6-11(18)14(20)21-3/h6-7H,4-5,8,16H2,1-3H3. The maximum atomic E-state index is 11.8. The Bertz CT molecular complexity index is 660. The fraction of sp³-hybridized carbons (Fsp3) is 0.429. The van der Waals surface area contributed by atoms with E-state index in [0.29, 0.717) is 17.9 Å². The first-order valence-electron chi connectivity index (χ1n) is 6.79. The molecular weight excluding hydrogens is 336 g/mol. The summed E-state index contributed by atoms with van der Waals surface area (Å²) in [5.74, 6) is -0.402. The van der Waals surface area contributed by atoms with E-state index in [2.05, 4.69) is 28.0 Å². The maximum absolute atomic E-state index is 11.8. The van der Waals surface area contributed by atoms with E-state index in [4.69, 9.17) is 10.5 Å². The average Bonchev–Trinajstić information content (AvgIpc) is 2.99. The fourth-order valence-corrected chi connectivity index (χ4v) is 2.96. The third-order valence-corrected chi connectivity index (χ3v) is 4.24. The topological polar surface area (TPSA) is 75.1 Å². The first kappa shape index (κ1) is 15.6. The van der Waals surface area contributed by atoms with Crippen LogP contribution in [0.15, 0.2) is 16.7 Å². The van der Waals surface area contributed by atoms with Gasteiger partial charge in [0.15, 0.2) is 0 Å². The van der Waals surface area contributed by atoms with Crippen LogP contribution in [0.1, 0.15) is 35.7 Å². The number of carbonyl (C=O) groups excluding carboxylic acids is 1. The molecule has 6 nitrogen and oxygen atoms in total. The van der Waals surface area contributed by atoms with Crippen LogP contribution < -0.4 is 5.73 Å². The molecule has 0 unspecified atom stereocenters. The predicted molar refractivity (Wildman–Crippen MR) is 84.3 cm³/mol. The molecule has 0 aromatic carbocycles. The number of nitrogens with two attached hydrogens (primary N) is 1. The van der Waals surface area contributed by atoms with Gasteiger partial charge in [-0.2, -0.15) is 5.10 Å². The maximum Gasteiger partial charge on any atom is 0.354 e. The molecule has 0 radical (unpaired) electrons. The van der Waals surface area contributed by atoms with E-state index in [1.807, 2.05) is 11.6 Å². The van der Waals surface area contributed by atoms with Crippen molar-refractivity contribution in [2.24, 2.45) is 0 Å². The average molecular weight is 355 g/mol. The van der Waals surface area contributed by atoms with Crippen LogP contribution in [0.25, 0.3) is 0 Å². The van der Waals surface area contributed by atoms with Gasteiger partial charge in [-0.05, 0) is 35.3 Å². The van der Waals surface area contributed by atoms with Crippen molar-refractivity contribution >= 4 is 27.6 Å². The van der Waals surface area contributed by atoms with Crippen LogP contribution in [0.5, 0.6) is 0 Å². The van der Waals surface area contributed by atoms with Gasteiger partial charge in [0.1, 0.15) is 5.69 Å². The first-order chi connectivity index (χ1) is 10.0. The number of nitrogen functional groups attached to an aromatic ring is 1. The molecule has 0 aliphatic rings. The summed E-state index contributed by atoms with van der Waals surface area (Å²) in [6.07, 6.45) is 2.58. The minimum absolute atomic E-state index is 0.402. The lowest BCUT2D eigenvalue weighted by atomic mass is 10.3. The Hall–Kier alpha value is -1.76. The van der Waals surface area contributed by atoms with Crippen molar-refractivity contribution in [2.75, 3.05) is 12.8 Å². The molecule has 2 aromatic heterocycles. The summed E-state index contributed by atoms with van der Waals surface area (Å²) in [4.78, 5) is 11.8. The van der Waals surface area contributed by atoms with Gasteiger partial charge in [-0.1, -0.05) is 6.92 Å². The highest BCUT2D eigenvalue weighted by Crippen LogP contribution is 2.24. The Labute approximate surface area is 132 Å². The van der Waals surface area contributed by atoms with Crippen LogP contribution >= 0.6 is 15.9 Å². The highest BCUT2D eigenvalue weighted by Gasteiger charge is 2.18. The SMILES string of the molecule is CCc1nn(CC)c(Cn2cc(N)cc2C(=O)OC)c1Br. The lowest BCUT2D eigenvalue weighted by molar-refractivity contribution is 0.0589. The number of ether oxygens (including phenoxy) is 1. The molecule has 7 heteroatoms. The molecule has 0 fully saturated rings. The van der Waals surface area contributed by atoms with Crippen molar-refractivity contribution in [2.45, 2.75) is 33.4 Å². The lowest BCUT2D eigenvalue weighted by Crippen LogP contribution is -2.13.